The Morgan fingerprint density at radius 2 is 1.57 bits per heavy atom. The maximum atomic E-state index is 6.09. The third kappa shape index (κ3) is 3.08. The van der Waals surface area contributed by atoms with Crippen molar-refractivity contribution in [1.82, 2.24) is 9.78 Å². The Morgan fingerprint density at radius 1 is 1.00 bits per heavy atom. The molecule has 5 heteroatoms. The lowest BCUT2D eigenvalue weighted by atomic mass is 9.79. The number of aromatic nitrogens is 2. The zero-order valence-corrected chi connectivity index (χ0v) is 14.9. The molecule has 0 amide bonds. The van der Waals surface area contributed by atoms with Gasteiger partial charge >= 0.3 is 7.12 Å². The molecule has 0 radical (unpaired) electrons. The molecule has 0 aliphatic carbocycles. The smallest absolute Gasteiger partial charge is 0.399 e. The third-order valence-electron chi connectivity index (χ3n) is 4.94. The summed E-state index contributed by atoms with van der Waals surface area (Å²) in [6.45, 7) is 13.2. The second-order valence-corrected chi connectivity index (χ2v) is 7.41. The van der Waals surface area contributed by atoms with E-state index in [1.165, 1.54) is 11.3 Å². The van der Waals surface area contributed by atoms with Crippen molar-refractivity contribution < 1.29 is 9.31 Å². The summed E-state index contributed by atoms with van der Waals surface area (Å²) < 4.78 is 14.2. The fourth-order valence-corrected chi connectivity index (χ4v) is 2.77. The molecule has 1 aliphatic heterocycles. The Labute approximate surface area is 138 Å². The Hall–Kier alpha value is -1.59. The third-order valence-corrected chi connectivity index (χ3v) is 4.94. The monoisotopic (exact) mass is 312 g/mol. The molecule has 1 aromatic carbocycles. The van der Waals surface area contributed by atoms with Crippen molar-refractivity contribution in [3.05, 3.63) is 47.3 Å². The largest absolute Gasteiger partial charge is 0.494 e. The van der Waals surface area contributed by atoms with Crippen LogP contribution in [0.1, 0.15) is 44.6 Å². The Balaban J connectivity index is 1.74. The van der Waals surface area contributed by atoms with Gasteiger partial charge in [-0.25, -0.2) is 0 Å². The molecule has 0 saturated carbocycles. The molecule has 2 heterocycles. The fourth-order valence-electron chi connectivity index (χ4n) is 2.77. The van der Waals surface area contributed by atoms with Crippen molar-refractivity contribution in [3.8, 4) is 0 Å². The molecular weight excluding hydrogens is 287 g/mol. The molecule has 1 aromatic heterocycles. The van der Waals surface area contributed by atoms with Crippen molar-refractivity contribution >= 4 is 12.6 Å². The molecule has 4 nitrogen and oxygen atoms in total. The van der Waals surface area contributed by atoms with Gasteiger partial charge in [-0.15, -0.1) is 0 Å². The highest BCUT2D eigenvalue weighted by atomic mass is 16.7. The summed E-state index contributed by atoms with van der Waals surface area (Å²) >= 11 is 0. The Bertz CT molecular complexity index is 688. The molecule has 0 spiro atoms. The van der Waals surface area contributed by atoms with Crippen LogP contribution in [0.5, 0.6) is 0 Å². The molecule has 0 atom stereocenters. The highest BCUT2D eigenvalue weighted by Crippen LogP contribution is 2.36. The summed E-state index contributed by atoms with van der Waals surface area (Å²) in [5.41, 5.74) is 3.89. The molecule has 0 N–H and O–H groups in total. The molecule has 0 unspecified atom stereocenters. The van der Waals surface area contributed by atoms with Crippen molar-refractivity contribution in [3.63, 3.8) is 0 Å². The molecule has 1 saturated heterocycles. The second kappa shape index (κ2) is 5.50. The SMILES string of the molecule is Cc1cc(C)n(Cc2ccc(B3OC(C)(C)C(C)(C)O3)cc2)n1. The van der Waals surface area contributed by atoms with Gasteiger partial charge < -0.3 is 9.31 Å². The number of benzene rings is 1. The zero-order valence-electron chi connectivity index (χ0n) is 14.9. The predicted octanol–water partition coefficient (Wildman–Crippen LogP) is 2.85. The van der Waals surface area contributed by atoms with Crippen LogP contribution in [0.3, 0.4) is 0 Å². The van der Waals surface area contributed by atoms with Crippen molar-refractivity contribution in [2.75, 3.05) is 0 Å². The average molecular weight is 312 g/mol. The van der Waals surface area contributed by atoms with E-state index >= 15 is 0 Å². The first-order chi connectivity index (χ1) is 10.7. The molecule has 122 valence electrons. The van der Waals surface area contributed by atoms with Gasteiger partial charge in [0.2, 0.25) is 0 Å². The molecule has 3 rings (SSSR count). The van der Waals surface area contributed by atoms with E-state index in [1.807, 2.05) is 11.6 Å². The van der Waals surface area contributed by atoms with E-state index in [0.717, 1.165) is 17.7 Å². The average Bonchev–Trinajstić information content (AvgIpc) is 2.86. The first-order valence-electron chi connectivity index (χ1n) is 8.13. The van der Waals surface area contributed by atoms with Gasteiger partial charge in [-0.05, 0) is 58.6 Å². The molecule has 1 aliphatic rings. The lowest BCUT2D eigenvalue weighted by Gasteiger charge is -2.32. The van der Waals surface area contributed by atoms with Crippen LogP contribution >= 0.6 is 0 Å². The Morgan fingerprint density at radius 3 is 2.04 bits per heavy atom. The van der Waals surface area contributed by atoms with Crippen LogP contribution in [0.2, 0.25) is 0 Å². The zero-order chi connectivity index (χ0) is 16.8. The first kappa shape index (κ1) is 16.3. The molecule has 2 aromatic rings. The minimum atomic E-state index is -0.306. The van der Waals surface area contributed by atoms with Crippen molar-refractivity contribution in [1.29, 1.82) is 0 Å². The van der Waals surface area contributed by atoms with Gasteiger partial charge in [0, 0.05) is 5.69 Å². The maximum absolute atomic E-state index is 6.09. The van der Waals surface area contributed by atoms with Crippen LogP contribution in [0.25, 0.3) is 0 Å². The van der Waals surface area contributed by atoms with Gasteiger partial charge in [-0.3, -0.25) is 4.68 Å². The van der Waals surface area contributed by atoms with Crippen LogP contribution < -0.4 is 5.46 Å². The lowest BCUT2D eigenvalue weighted by Crippen LogP contribution is -2.41. The minimum Gasteiger partial charge on any atom is -0.399 e. The summed E-state index contributed by atoms with van der Waals surface area (Å²) in [5.74, 6) is 0. The van der Waals surface area contributed by atoms with E-state index in [0.29, 0.717) is 0 Å². The van der Waals surface area contributed by atoms with E-state index in [2.05, 4.69) is 70.0 Å². The number of hydrogen-bond acceptors (Lipinski definition) is 3. The Kier molecular flexibility index (Phi) is 3.89. The van der Waals surface area contributed by atoms with Crippen LogP contribution in [0, 0.1) is 13.8 Å². The van der Waals surface area contributed by atoms with Gasteiger partial charge in [0.15, 0.2) is 0 Å². The number of hydrogen-bond donors (Lipinski definition) is 0. The van der Waals surface area contributed by atoms with Crippen molar-refractivity contribution in [2.24, 2.45) is 0 Å². The normalized spacial score (nSPS) is 19.3. The van der Waals surface area contributed by atoms with Gasteiger partial charge in [0.1, 0.15) is 0 Å². The summed E-state index contributed by atoms with van der Waals surface area (Å²) in [5, 5.41) is 4.51. The maximum Gasteiger partial charge on any atom is 0.494 e. The van der Waals surface area contributed by atoms with Crippen LogP contribution in [0.15, 0.2) is 30.3 Å². The summed E-state index contributed by atoms with van der Waals surface area (Å²) in [6, 6.07) is 10.5. The first-order valence-corrected chi connectivity index (χ1v) is 8.13. The van der Waals surface area contributed by atoms with E-state index in [9.17, 15) is 0 Å². The van der Waals surface area contributed by atoms with Crippen LogP contribution in [-0.4, -0.2) is 28.1 Å². The molecule has 0 bridgehead atoms. The topological polar surface area (TPSA) is 36.3 Å². The van der Waals surface area contributed by atoms with Crippen LogP contribution in [0.4, 0.5) is 0 Å². The van der Waals surface area contributed by atoms with Crippen LogP contribution in [-0.2, 0) is 15.9 Å². The quantitative estimate of drug-likeness (QED) is 0.818. The van der Waals surface area contributed by atoms with Gasteiger partial charge in [0.25, 0.3) is 0 Å². The van der Waals surface area contributed by atoms with Gasteiger partial charge in [-0.2, -0.15) is 5.10 Å². The van der Waals surface area contributed by atoms with E-state index in [4.69, 9.17) is 9.31 Å². The molecule has 23 heavy (non-hydrogen) atoms. The standard InChI is InChI=1S/C18H25BN2O2/c1-13-11-14(2)21(20-13)12-15-7-9-16(10-8-15)19-22-17(3,4)18(5,6)23-19/h7-11H,12H2,1-6H3. The highest BCUT2D eigenvalue weighted by molar-refractivity contribution is 6.62. The van der Waals surface area contributed by atoms with E-state index in [1.54, 1.807) is 0 Å². The predicted molar refractivity (Wildman–Crippen MR) is 93.0 cm³/mol. The fraction of sp³-hybridized carbons (Fsp3) is 0.500. The second-order valence-electron chi connectivity index (χ2n) is 7.41. The van der Waals surface area contributed by atoms with Crippen molar-refractivity contribution in [2.45, 2.75) is 59.3 Å². The molecular formula is C18H25BN2O2. The highest BCUT2D eigenvalue weighted by Gasteiger charge is 2.51. The van der Waals surface area contributed by atoms with Gasteiger partial charge in [-0.1, -0.05) is 24.3 Å². The number of aryl methyl sites for hydroxylation is 2. The minimum absolute atomic E-state index is 0.303. The van der Waals surface area contributed by atoms with E-state index < -0.39 is 0 Å². The lowest BCUT2D eigenvalue weighted by molar-refractivity contribution is 0.00578. The van der Waals surface area contributed by atoms with E-state index in [-0.39, 0.29) is 18.3 Å². The molecule has 1 fully saturated rings. The summed E-state index contributed by atoms with van der Waals surface area (Å²) in [7, 11) is -0.303. The summed E-state index contributed by atoms with van der Waals surface area (Å²) in [6.07, 6.45) is 0. The summed E-state index contributed by atoms with van der Waals surface area (Å²) in [4.78, 5) is 0. The van der Waals surface area contributed by atoms with Gasteiger partial charge in [0.05, 0.1) is 23.4 Å². The number of nitrogens with zero attached hydrogens (tertiary/aromatic N) is 2. The number of rotatable bonds is 3.